The fourth-order valence-electron chi connectivity index (χ4n) is 1.85. The van der Waals surface area contributed by atoms with Gasteiger partial charge in [-0.1, -0.05) is 0 Å². The van der Waals surface area contributed by atoms with Gasteiger partial charge in [-0.2, -0.15) is 10.2 Å². The van der Waals surface area contributed by atoms with Crippen LogP contribution in [0.1, 0.15) is 21.7 Å². The van der Waals surface area contributed by atoms with Crippen molar-refractivity contribution >= 4 is 21.8 Å². The van der Waals surface area contributed by atoms with Gasteiger partial charge in [-0.3, -0.25) is 4.79 Å². The Balaban J connectivity index is 2.14. The Morgan fingerprint density at radius 3 is 2.79 bits per heavy atom. The Kier molecular flexibility index (Phi) is 3.99. The van der Waals surface area contributed by atoms with E-state index in [1.54, 1.807) is 18.0 Å². The quantitative estimate of drug-likeness (QED) is 0.870. The molecule has 1 amide bonds. The van der Waals surface area contributed by atoms with E-state index in [1.807, 2.05) is 30.8 Å². The van der Waals surface area contributed by atoms with Crippen molar-refractivity contribution < 1.29 is 4.79 Å². The fourth-order valence-corrected chi connectivity index (χ4v) is 2.42. The van der Waals surface area contributed by atoms with Crippen LogP contribution in [-0.2, 0) is 13.6 Å². The lowest BCUT2D eigenvalue weighted by molar-refractivity contribution is 0.0781. The average molecular weight is 323 g/mol. The molecule has 2 aromatic rings. The van der Waals surface area contributed by atoms with Gasteiger partial charge in [0.05, 0.1) is 24.0 Å². The lowest BCUT2D eigenvalue weighted by Crippen LogP contribution is -2.27. The normalized spacial score (nSPS) is 10.5. The first kappa shape index (κ1) is 13.7. The second kappa shape index (κ2) is 5.52. The molecule has 0 fully saturated rings. The molecule has 0 aliphatic heterocycles. The molecule has 5 nitrogen and oxygen atoms in total. The van der Waals surface area contributed by atoms with Crippen molar-refractivity contribution in [2.75, 3.05) is 7.05 Å². The van der Waals surface area contributed by atoms with Crippen molar-refractivity contribution in [2.24, 2.45) is 7.05 Å². The molecular formula is C13H15BrN4O. The lowest BCUT2D eigenvalue weighted by Gasteiger charge is -2.17. The number of aromatic nitrogens is 3. The van der Waals surface area contributed by atoms with Crippen LogP contribution in [0.4, 0.5) is 0 Å². The van der Waals surface area contributed by atoms with Crippen LogP contribution >= 0.6 is 15.9 Å². The van der Waals surface area contributed by atoms with Crippen molar-refractivity contribution in [3.63, 3.8) is 0 Å². The Bertz CT molecular complexity index is 608. The minimum absolute atomic E-state index is 0.0599. The molecular weight excluding hydrogens is 308 g/mol. The highest BCUT2D eigenvalue weighted by atomic mass is 79.9. The fraction of sp³-hybridized carbons (Fsp3) is 0.308. The van der Waals surface area contributed by atoms with Gasteiger partial charge >= 0.3 is 0 Å². The summed E-state index contributed by atoms with van der Waals surface area (Å²) in [5.41, 5.74) is 2.35. The Labute approximate surface area is 120 Å². The third-order valence-electron chi connectivity index (χ3n) is 2.84. The van der Waals surface area contributed by atoms with Crippen molar-refractivity contribution in [3.8, 4) is 0 Å². The van der Waals surface area contributed by atoms with Crippen LogP contribution in [0.15, 0.2) is 29.0 Å². The molecule has 0 atom stereocenters. The molecule has 2 rings (SSSR count). The summed E-state index contributed by atoms with van der Waals surface area (Å²) in [6, 6.07) is 3.74. The average Bonchev–Trinajstić information content (AvgIpc) is 2.66. The molecule has 0 unspecified atom stereocenters. The van der Waals surface area contributed by atoms with Crippen LogP contribution in [0.3, 0.4) is 0 Å². The molecule has 0 N–H and O–H groups in total. The minimum atomic E-state index is -0.0599. The maximum Gasteiger partial charge on any atom is 0.255 e. The highest BCUT2D eigenvalue weighted by molar-refractivity contribution is 9.10. The maximum atomic E-state index is 12.3. The Morgan fingerprint density at radius 2 is 2.21 bits per heavy atom. The number of amides is 1. The van der Waals surface area contributed by atoms with Crippen LogP contribution in [0, 0.1) is 6.92 Å². The molecule has 0 bridgehead atoms. The van der Waals surface area contributed by atoms with Gasteiger partial charge in [0.25, 0.3) is 5.91 Å². The number of hydrogen-bond acceptors (Lipinski definition) is 3. The number of aryl methyl sites for hydroxylation is 2. The van der Waals surface area contributed by atoms with E-state index in [9.17, 15) is 4.79 Å². The van der Waals surface area contributed by atoms with E-state index in [4.69, 9.17) is 0 Å². The molecule has 0 aliphatic rings. The first-order valence-corrected chi connectivity index (χ1v) is 6.62. The van der Waals surface area contributed by atoms with E-state index in [-0.39, 0.29) is 5.91 Å². The zero-order valence-electron chi connectivity index (χ0n) is 11.1. The zero-order valence-corrected chi connectivity index (χ0v) is 12.7. The number of rotatable bonds is 3. The third-order valence-corrected chi connectivity index (χ3v) is 3.28. The van der Waals surface area contributed by atoms with Crippen molar-refractivity contribution in [1.82, 2.24) is 19.7 Å². The molecule has 2 aromatic heterocycles. The molecule has 100 valence electrons. The summed E-state index contributed by atoms with van der Waals surface area (Å²) in [6.45, 7) is 2.36. The highest BCUT2D eigenvalue weighted by Gasteiger charge is 2.14. The van der Waals surface area contributed by atoms with E-state index in [0.717, 1.165) is 15.9 Å². The summed E-state index contributed by atoms with van der Waals surface area (Å²) in [5, 5.41) is 7.66. The van der Waals surface area contributed by atoms with E-state index < -0.39 is 0 Å². The number of hydrogen-bond donors (Lipinski definition) is 0. The van der Waals surface area contributed by atoms with Gasteiger partial charge in [0.2, 0.25) is 0 Å². The predicted octanol–water partition coefficient (Wildman–Crippen LogP) is 2.16. The predicted molar refractivity (Wildman–Crippen MR) is 75.7 cm³/mol. The van der Waals surface area contributed by atoms with Crippen LogP contribution < -0.4 is 0 Å². The Hall–Kier alpha value is -1.69. The molecule has 0 radical (unpaired) electrons. The van der Waals surface area contributed by atoms with Crippen LogP contribution in [0.2, 0.25) is 0 Å². The van der Waals surface area contributed by atoms with Gasteiger partial charge in [-0.05, 0) is 35.0 Å². The first-order chi connectivity index (χ1) is 8.97. The lowest BCUT2D eigenvalue weighted by atomic mass is 10.2. The summed E-state index contributed by atoms with van der Waals surface area (Å²) in [5.74, 6) is -0.0599. The topological polar surface area (TPSA) is 51.0 Å². The Morgan fingerprint density at radius 1 is 1.47 bits per heavy atom. The second-order valence-electron chi connectivity index (χ2n) is 4.51. The number of carbonyl (C=O) groups excluding carboxylic acids is 1. The number of nitrogens with zero attached hydrogens (tertiary/aromatic N) is 4. The molecule has 0 saturated carbocycles. The van der Waals surface area contributed by atoms with Crippen molar-refractivity contribution in [3.05, 3.63) is 46.0 Å². The summed E-state index contributed by atoms with van der Waals surface area (Å²) >= 11 is 3.42. The maximum absolute atomic E-state index is 12.3. The van der Waals surface area contributed by atoms with E-state index in [2.05, 4.69) is 26.1 Å². The molecule has 19 heavy (non-hydrogen) atoms. The second-order valence-corrected chi connectivity index (χ2v) is 5.42. The summed E-state index contributed by atoms with van der Waals surface area (Å²) in [6.07, 6.45) is 3.46. The standard InChI is InChI=1S/C13H15BrN4O/c1-9-4-10(6-15-16-9)13(19)18(3)8-12-5-11(14)7-17(12)2/h4-7H,8H2,1-3H3. The largest absolute Gasteiger partial charge is 0.352 e. The zero-order chi connectivity index (χ0) is 14.0. The molecule has 0 aromatic carbocycles. The monoisotopic (exact) mass is 322 g/mol. The van der Waals surface area contributed by atoms with Gasteiger partial charge < -0.3 is 9.47 Å². The molecule has 0 spiro atoms. The van der Waals surface area contributed by atoms with Crippen LogP contribution in [-0.4, -0.2) is 32.6 Å². The molecule has 0 aliphatic carbocycles. The van der Waals surface area contributed by atoms with Crippen molar-refractivity contribution in [1.29, 1.82) is 0 Å². The smallest absolute Gasteiger partial charge is 0.255 e. The molecule has 6 heteroatoms. The SMILES string of the molecule is Cc1cc(C(=O)N(C)Cc2cc(Br)cn2C)cnn1. The van der Waals surface area contributed by atoms with E-state index in [1.165, 1.54) is 6.20 Å². The van der Waals surface area contributed by atoms with Gasteiger partial charge in [-0.25, -0.2) is 0 Å². The summed E-state index contributed by atoms with van der Waals surface area (Å²) in [4.78, 5) is 13.9. The summed E-state index contributed by atoms with van der Waals surface area (Å²) < 4.78 is 3.00. The van der Waals surface area contributed by atoms with Crippen LogP contribution in [0.25, 0.3) is 0 Å². The van der Waals surface area contributed by atoms with Gasteiger partial charge in [0.1, 0.15) is 0 Å². The summed E-state index contributed by atoms with van der Waals surface area (Å²) in [7, 11) is 3.73. The van der Waals surface area contributed by atoms with Gasteiger partial charge in [0, 0.05) is 30.5 Å². The van der Waals surface area contributed by atoms with E-state index >= 15 is 0 Å². The third kappa shape index (κ3) is 3.20. The van der Waals surface area contributed by atoms with Gasteiger partial charge in [0.15, 0.2) is 0 Å². The van der Waals surface area contributed by atoms with Gasteiger partial charge in [-0.15, -0.1) is 0 Å². The van der Waals surface area contributed by atoms with E-state index in [0.29, 0.717) is 12.1 Å². The van der Waals surface area contributed by atoms with Crippen molar-refractivity contribution in [2.45, 2.75) is 13.5 Å². The first-order valence-electron chi connectivity index (χ1n) is 5.83. The number of halogens is 1. The highest BCUT2D eigenvalue weighted by Crippen LogP contribution is 2.15. The molecule has 0 saturated heterocycles. The van der Waals surface area contributed by atoms with Crippen LogP contribution in [0.5, 0.6) is 0 Å². The number of carbonyl (C=O) groups is 1. The minimum Gasteiger partial charge on any atom is -0.352 e. The molecule has 2 heterocycles.